The number of rotatable bonds is 2. The summed E-state index contributed by atoms with van der Waals surface area (Å²) < 4.78 is 0. The number of benzene rings is 1. The quantitative estimate of drug-likeness (QED) is 0.876. The van der Waals surface area contributed by atoms with Gasteiger partial charge >= 0.3 is 0 Å². The molecule has 3 heterocycles. The molecule has 3 aliphatic heterocycles. The van der Waals surface area contributed by atoms with Crippen molar-refractivity contribution in [3.05, 3.63) is 60.5 Å². The number of hydrogen-bond acceptors (Lipinski definition) is 4. The van der Waals surface area contributed by atoms with Gasteiger partial charge in [-0.3, -0.25) is 0 Å². The molecule has 3 aliphatic rings. The molecule has 2 fully saturated rings. The van der Waals surface area contributed by atoms with Crippen molar-refractivity contribution in [2.45, 2.75) is 25.4 Å². The molecule has 1 aromatic carbocycles. The molecule has 1 atom stereocenters. The van der Waals surface area contributed by atoms with Crippen LogP contribution in [-0.2, 0) is 6.54 Å². The van der Waals surface area contributed by atoms with Gasteiger partial charge in [-0.2, -0.15) is 0 Å². The average Bonchev–Trinajstić information content (AvgIpc) is 2.92. The van der Waals surface area contributed by atoms with Crippen molar-refractivity contribution in [3.63, 3.8) is 0 Å². The summed E-state index contributed by atoms with van der Waals surface area (Å²) in [4.78, 5) is 4.86. The molecule has 0 aliphatic carbocycles. The second-order valence-corrected chi connectivity index (χ2v) is 6.96. The Labute approximate surface area is 144 Å². The normalized spacial score (nSPS) is 24.2. The smallest absolute Gasteiger partial charge is 0.0693 e. The Morgan fingerprint density at radius 2 is 1.88 bits per heavy atom. The maximum atomic E-state index is 4.36. The number of nitrogens with one attached hydrogen (secondary N) is 2. The van der Waals surface area contributed by atoms with Crippen molar-refractivity contribution < 1.29 is 0 Å². The molecular formula is C20H26N4. The standard InChI is InChI=1S/C20H26N4/c1-14-4-7-20(15(2)22-14)24-13-17-12-18(5-6-19(17)16(24)3)23-10-8-21-9-11-23/h5-6,12,20-22H,1-4,7-11,13H2. The van der Waals surface area contributed by atoms with Crippen LogP contribution in [0.3, 0.4) is 0 Å². The zero-order valence-corrected chi connectivity index (χ0v) is 14.3. The molecule has 1 unspecified atom stereocenters. The van der Waals surface area contributed by atoms with E-state index in [1.54, 1.807) is 0 Å². The molecule has 2 saturated heterocycles. The summed E-state index contributed by atoms with van der Waals surface area (Å²) in [6.07, 6.45) is 2.05. The first-order chi connectivity index (χ1) is 11.6. The molecule has 0 radical (unpaired) electrons. The second kappa shape index (κ2) is 6.02. The molecule has 0 aromatic heterocycles. The van der Waals surface area contributed by atoms with Crippen LogP contribution in [0.1, 0.15) is 24.0 Å². The van der Waals surface area contributed by atoms with Gasteiger partial charge in [0, 0.05) is 61.1 Å². The topological polar surface area (TPSA) is 30.5 Å². The first kappa shape index (κ1) is 15.3. The summed E-state index contributed by atoms with van der Waals surface area (Å²) in [5.74, 6) is 0. The lowest BCUT2D eigenvalue weighted by atomic mass is 10.0. The lowest BCUT2D eigenvalue weighted by molar-refractivity contribution is 0.297. The highest BCUT2D eigenvalue weighted by molar-refractivity contribution is 5.72. The highest BCUT2D eigenvalue weighted by Crippen LogP contribution is 2.38. The molecule has 4 heteroatoms. The third kappa shape index (κ3) is 2.61. The van der Waals surface area contributed by atoms with Gasteiger partial charge in [0.15, 0.2) is 0 Å². The predicted molar refractivity (Wildman–Crippen MR) is 101 cm³/mol. The third-order valence-electron chi connectivity index (χ3n) is 5.40. The van der Waals surface area contributed by atoms with E-state index >= 15 is 0 Å². The van der Waals surface area contributed by atoms with Crippen LogP contribution < -0.4 is 15.5 Å². The van der Waals surface area contributed by atoms with Crippen LogP contribution in [-0.4, -0.2) is 37.1 Å². The average molecular weight is 322 g/mol. The number of nitrogens with zero attached hydrogens (tertiary/aromatic N) is 2. The number of allylic oxidation sites excluding steroid dienone is 1. The van der Waals surface area contributed by atoms with E-state index in [-0.39, 0.29) is 0 Å². The van der Waals surface area contributed by atoms with Crippen molar-refractivity contribution >= 4 is 11.4 Å². The monoisotopic (exact) mass is 322 g/mol. The number of piperazine rings is 1. The number of piperidine rings is 1. The predicted octanol–water partition coefficient (Wildman–Crippen LogP) is 2.66. The molecule has 2 N–H and O–H groups in total. The first-order valence-corrected chi connectivity index (χ1v) is 8.81. The van der Waals surface area contributed by atoms with E-state index in [9.17, 15) is 0 Å². The molecule has 24 heavy (non-hydrogen) atoms. The van der Waals surface area contributed by atoms with Crippen molar-refractivity contribution in [1.29, 1.82) is 0 Å². The Kier molecular flexibility index (Phi) is 3.85. The van der Waals surface area contributed by atoms with E-state index in [1.165, 1.54) is 16.8 Å². The van der Waals surface area contributed by atoms with Gasteiger partial charge in [0.05, 0.1) is 6.04 Å². The van der Waals surface area contributed by atoms with Gasteiger partial charge in [-0.25, -0.2) is 0 Å². The third-order valence-corrected chi connectivity index (χ3v) is 5.40. The molecule has 0 saturated carbocycles. The van der Waals surface area contributed by atoms with E-state index in [0.29, 0.717) is 6.04 Å². The van der Waals surface area contributed by atoms with Crippen LogP contribution in [0.4, 0.5) is 5.69 Å². The van der Waals surface area contributed by atoms with Crippen molar-refractivity contribution in [2.24, 2.45) is 0 Å². The minimum absolute atomic E-state index is 0.304. The van der Waals surface area contributed by atoms with Crippen molar-refractivity contribution in [3.8, 4) is 0 Å². The molecule has 4 rings (SSSR count). The summed E-state index contributed by atoms with van der Waals surface area (Å²) in [6.45, 7) is 17.8. The van der Waals surface area contributed by atoms with Crippen molar-refractivity contribution in [2.75, 3.05) is 31.1 Å². The Morgan fingerprint density at radius 3 is 2.62 bits per heavy atom. The van der Waals surface area contributed by atoms with Crippen LogP contribution in [0.15, 0.2) is 49.3 Å². The zero-order chi connectivity index (χ0) is 16.7. The highest BCUT2D eigenvalue weighted by Gasteiger charge is 2.32. The largest absolute Gasteiger partial charge is 0.369 e. The summed E-state index contributed by atoms with van der Waals surface area (Å²) in [7, 11) is 0. The molecule has 0 amide bonds. The Bertz CT molecular complexity index is 700. The van der Waals surface area contributed by atoms with Gasteiger partial charge in [0.1, 0.15) is 0 Å². The molecule has 126 valence electrons. The molecule has 0 bridgehead atoms. The van der Waals surface area contributed by atoms with Crippen LogP contribution in [0.5, 0.6) is 0 Å². The summed E-state index contributed by atoms with van der Waals surface area (Å²) in [5.41, 5.74) is 7.23. The SMILES string of the molecule is C=C1CCC(N2Cc3cc(N4CCNCC4)ccc3C2=C)C(=C)N1. The maximum absolute atomic E-state index is 4.36. The van der Waals surface area contributed by atoms with E-state index in [2.05, 4.69) is 58.4 Å². The molecule has 1 aromatic rings. The van der Waals surface area contributed by atoms with Gasteiger partial charge in [-0.15, -0.1) is 0 Å². The van der Waals surface area contributed by atoms with Crippen LogP contribution in [0.2, 0.25) is 0 Å². The Morgan fingerprint density at radius 1 is 1.08 bits per heavy atom. The summed E-state index contributed by atoms with van der Waals surface area (Å²) in [5, 5.41) is 6.74. The van der Waals surface area contributed by atoms with Gasteiger partial charge in [-0.05, 0) is 30.5 Å². The van der Waals surface area contributed by atoms with E-state index < -0.39 is 0 Å². The number of hydrogen-bond donors (Lipinski definition) is 2. The lowest BCUT2D eigenvalue weighted by Crippen LogP contribution is -2.43. The molecule has 0 spiro atoms. The maximum Gasteiger partial charge on any atom is 0.0693 e. The Balaban J connectivity index is 1.55. The van der Waals surface area contributed by atoms with Crippen LogP contribution >= 0.6 is 0 Å². The highest BCUT2D eigenvalue weighted by atomic mass is 15.2. The van der Waals surface area contributed by atoms with Crippen LogP contribution in [0, 0.1) is 0 Å². The van der Waals surface area contributed by atoms with E-state index in [1.807, 2.05) is 0 Å². The molecular weight excluding hydrogens is 296 g/mol. The van der Waals surface area contributed by atoms with Crippen molar-refractivity contribution in [1.82, 2.24) is 15.5 Å². The van der Waals surface area contributed by atoms with Gasteiger partial charge in [-0.1, -0.05) is 25.8 Å². The minimum Gasteiger partial charge on any atom is -0.369 e. The minimum atomic E-state index is 0.304. The van der Waals surface area contributed by atoms with E-state index in [0.717, 1.165) is 62.7 Å². The fraction of sp³-hybridized carbons (Fsp3) is 0.400. The second-order valence-electron chi connectivity index (χ2n) is 6.96. The van der Waals surface area contributed by atoms with E-state index in [4.69, 9.17) is 0 Å². The Hall–Kier alpha value is -2.20. The first-order valence-electron chi connectivity index (χ1n) is 8.81. The fourth-order valence-electron chi connectivity index (χ4n) is 4.05. The van der Waals surface area contributed by atoms with Gasteiger partial charge in [0.25, 0.3) is 0 Å². The van der Waals surface area contributed by atoms with Crippen LogP contribution in [0.25, 0.3) is 5.70 Å². The fourth-order valence-corrected chi connectivity index (χ4v) is 4.05. The summed E-state index contributed by atoms with van der Waals surface area (Å²) in [6, 6.07) is 7.14. The summed E-state index contributed by atoms with van der Waals surface area (Å²) >= 11 is 0. The number of fused-ring (bicyclic) bond motifs is 1. The number of anilines is 1. The van der Waals surface area contributed by atoms with Gasteiger partial charge < -0.3 is 20.4 Å². The lowest BCUT2D eigenvalue weighted by Gasteiger charge is -2.36. The van der Waals surface area contributed by atoms with Gasteiger partial charge in [0.2, 0.25) is 0 Å². The molecule has 4 nitrogen and oxygen atoms in total. The zero-order valence-electron chi connectivity index (χ0n) is 14.3.